The van der Waals surface area contributed by atoms with Gasteiger partial charge in [-0.05, 0) is 47.9 Å². The summed E-state index contributed by atoms with van der Waals surface area (Å²) in [5.74, 6) is 1.62. The fourth-order valence-corrected chi connectivity index (χ4v) is 4.17. The summed E-state index contributed by atoms with van der Waals surface area (Å²) in [5.41, 5.74) is 2.23. The van der Waals surface area contributed by atoms with E-state index in [9.17, 15) is 5.11 Å². The van der Waals surface area contributed by atoms with Crippen LogP contribution < -0.4 is 10.1 Å². The maximum absolute atomic E-state index is 9.50. The SMILES string of the molecule is COc1ccc(-c2cc3c(N[C@H](CCO)c4ccccc4)ncnc3s2)cc1. The zero-order valence-electron chi connectivity index (χ0n) is 15.5. The molecule has 142 valence electrons. The van der Waals surface area contributed by atoms with Crippen molar-refractivity contribution in [3.63, 3.8) is 0 Å². The van der Waals surface area contributed by atoms with Gasteiger partial charge in [-0.3, -0.25) is 0 Å². The third-order valence-corrected chi connectivity index (χ3v) is 5.73. The monoisotopic (exact) mass is 391 g/mol. The van der Waals surface area contributed by atoms with E-state index >= 15 is 0 Å². The lowest BCUT2D eigenvalue weighted by Crippen LogP contribution is -2.13. The topological polar surface area (TPSA) is 67.3 Å². The number of ether oxygens (including phenoxy) is 1. The molecule has 0 unspecified atom stereocenters. The molecule has 28 heavy (non-hydrogen) atoms. The number of hydrogen-bond acceptors (Lipinski definition) is 6. The molecule has 2 aromatic heterocycles. The minimum Gasteiger partial charge on any atom is -0.497 e. The highest BCUT2D eigenvalue weighted by Crippen LogP contribution is 2.36. The third-order valence-electron chi connectivity index (χ3n) is 4.63. The Kier molecular flexibility index (Phi) is 5.50. The Morgan fingerprint density at radius 1 is 1.07 bits per heavy atom. The zero-order valence-corrected chi connectivity index (χ0v) is 16.3. The van der Waals surface area contributed by atoms with Crippen molar-refractivity contribution in [3.05, 3.63) is 72.6 Å². The molecule has 0 amide bonds. The van der Waals surface area contributed by atoms with Crippen molar-refractivity contribution in [1.82, 2.24) is 9.97 Å². The molecule has 0 fully saturated rings. The van der Waals surface area contributed by atoms with E-state index < -0.39 is 0 Å². The minimum absolute atomic E-state index is 0.0198. The molecule has 0 aliphatic carbocycles. The molecule has 0 radical (unpaired) electrons. The standard InChI is InChI=1S/C22H21N3O2S/c1-27-17-9-7-16(8-10-17)20-13-18-21(23-14-24-22(18)28-20)25-19(11-12-26)15-5-3-2-4-6-15/h2-10,13-14,19,26H,11-12H2,1H3,(H,23,24,25)/t19-/m1/s1. The highest BCUT2D eigenvalue weighted by molar-refractivity contribution is 7.21. The van der Waals surface area contributed by atoms with Gasteiger partial charge in [0.15, 0.2) is 0 Å². The van der Waals surface area contributed by atoms with Crippen molar-refractivity contribution >= 4 is 27.4 Å². The maximum Gasteiger partial charge on any atom is 0.138 e. The Labute approximate surface area is 167 Å². The van der Waals surface area contributed by atoms with Gasteiger partial charge in [0, 0.05) is 11.5 Å². The van der Waals surface area contributed by atoms with Gasteiger partial charge in [0.2, 0.25) is 0 Å². The number of hydrogen-bond donors (Lipinski definition) is 2. The van der Waals surface area contributed by atoms with Crippen LogP contribution in [0, 0.1) is 0 Å². The lowest BCUT2D eigenvalue weighted by Gasteiger charge is -2.19. The number of aliphatic hydroxyl groups is 1. The second kappa shape index (κ2) is 8.37. The van der Waals surface area contributed by atoms with E-state index in [4.69, 9.17) is 4.74 Å². The number of aliphatic hydroxyl groups excluding tert-OH is 1. The van der Waals surface area contributed by atoms with E-state index in [0.717, 1.165) is 37.8 Å². The molecule has 4 aromatic rings. The third kappa shape index (κ3) is 3.83. The highest BCUT2D eigenvalue weighted by atomic mass is 32.1. The molecule has 5 nitrogen and oxygen atoms in total. The Morgan fingerprint density at radius 2 is 1.86 bits per heavy atom. The maximum atomic E-state index is 9.50. The lowest BCUT2D eigenvalue weighted by molar-refractivity contribution is 0.280. The molecule has 2 heterocycles. The van der Waals surface area contributed by atoms with Crippen LogP contribution in [0.5, 0.6) is 5.75 Å². The largest absolute Gasteiger partial charge is 0.497 e. The van der Waals surface area contributed by atoms with Crippen LogP contribution in [0.1, 0.15) is 18.0 Å². The molecular formula is C22H21N3O2S. The molecule has 0 saturated carbocycles. The van der Waals surface area contributed by atoms with E-state index in [-0.39, 0.29) is 12.6 Å². The van der Waals surface area contributed by atoms with E-state index in [1.54, 1.807) is 24.8 Å². The van der Waals surface area contributed by atoms with Gasteiger partial charge in [-0.2, -0.15) is 0 Å². The summed E-state index contributed by atoms with van der Waals surface area (Å²) in [6, 6.07) is 20.2. The first kappa shape index (κ1) is 18.4. The molecular weight excluding hydrogens is 370 g/mol. The summed E-state index contributed by atoms with van der Waals surface area (Å²) < 4.78 is 5.24. The summed E-state index contributed by atoms with van der Waals surface area (Å²) in [6.45, 7) is 0.0987. The van der Waals surface area contributed by atoms with Crippen LogP contribution in [-0.2, 0) is 0 Å². The van der Waals surface area contributed by atoms with Crippen LogP contribution in [-0.4, -0.2) is 28.8 Å². The molecule has 0 aliphatic rings. The molecule has 0 spiro atoms. The molecule has 0 saturated heterocycles. The number of anilines is 1. The number of methoxy groups -OCH3 is 1. The van der Waals surface area contributed by atoms with Crippen molar-refractivity contribution in [2.75, 3.05) is 19.0 Å². The van der Waals surface area contributed by atoms with Gasteiger partial charge in [0.05, 0.1) is 18.5 Å². The van der Waals surface area contributed by atoms with Gasteiger partial charge in [-0.25, -0.2) is 9.97 Å². The minimum atomic E-state index is -0.0198. The first-order valence-electron chi connectivity index (χ1n) is 9.10. The smallest absolute Gasteiger partial charge is 0.138 e. The summed E-state index contributed by atoms with van der Waals surface area (Å²) in [5, 5.41) is 14.0. The number of nitrogens with one attached hydrogen (secondary N) is 1. The van der Waals surface area contributed by atoms with Crippen molar-refractivity contribution < 1.29 is 9.84 Å². The van der Waals surface area contributed by atoms with Crippen molar-refractivity contribution in [2.24, 2.45) is 0 Å². The van der Waals surface area contributed by atoms with Crippen molar-refractivity contribution in [3.8, 4) is 16.2 Å². The molecule has 2 aromatic carbocycles. The molecule has 1 atom stereocenters. The molecule has 0 aliphatic heterocycles. The van der Waals surface area contributed by atoms with Gasteiger partial charge in [0.25, 0.3) is 0 Å². The Hall–Kier alpha value is -2.96. The van der Waals surface area contributed by atoms with Crippen LogP contribution in [0.3, 0.4) is 0 Å². The molecule has 4 rings (SSSR count). The summed E-state index contributed by atoms with van der Waals surface area (Å²) in [7, 11) is 1.66. The number of fused-ring (bicyclic) bond motifs is 1. The van der Waals surface area contributed by atoms with Gasteiger partial charge in [-0.15, -0.1) is 11.3 Å². The fraction of sp³-hybridized carbons (Fsp3) is 0.182. The number of aromatic nitrogens is 2. The zero-order chi connectivity index (χ0) is 19.3. The summed E-state index contributed by atoms with van der Waals surface area (Å²) in [4.78, 5) is 11.0. The first-order chi connectivity index (χ1) is 13.8. The second-order valence-corrected chi connectivity index (χ2v) is 7.43. The van der Waals surface area contributed by atoms with Crippen LogP contribution in [0.15, 0.2) is 67.0 Å². The predicted molar refractivity (Wildman–Crippen MR) is 114 cm³/mol. The van der Waals surface area contributed by atoms with Crippen LogP contribution in [0.2, 0.25) is 0 Å². The van der Waals surface area contributed by atoms with Crippen LogP contribution in [0.25, 0.3) is 20.7 Å². The summed E-state index contributed by atoms with van der Waals surface area (Å²) in [6.07, 6.45) is 2.19. The first-order valence-corrected chi connectivity index (χ1v) is 9.91. The van der Waals surface area contributed by atoms with Gasteiger partial charge in [-0.1, -0.05) is 30.3 Å². The Morgan fingerprint density at radius 3 is 2.57 bits per heavy atom. The van der Waals surface area contributed by atoms with Gasteiger partial charge in [0.1, 0.15) is 22.7 Å². The second-order valence-electron chi connectivity index (χ2n) is 6.40. The fourth-order valence-electron chi connectivity index (χ4n) is 3.17. The van der Waals surface area contributed by atoms with E-state index in [1.165, 1.54) is 0 Å². The quantitative estimate of drug-likeness (QED) is 0.469. The number of rotatable bonds is 7. The number of thiophene rings is 1. The summed E-state index contributed by atoms with van der Waals surface area (Å²) >= 11 is 1.63. The van der Waals surface area contributed by atoms with E-state index in [1.807, 2.05) is 42.5 Å². The van der Waals surface area contributed by atoms with E-state index in [0.29, 0.717) is 6.42 Å². The van der Waals surface area contributed by atoms with Gasteiger partial charge >= 0.3 is 0 Å². The normalized spacial score (nSPS) is 12.1. The van der Waals surface area contributed by atoms with Crippen LogP contribution in [0.4, 0.5) is 5.82 Å². The Bertz CT molecular complexity index is 1050. The van der Waals surface area contributed by atoms with Gasteiger partial charge < -0.3 is 15.2 Å². The van der Waals surface area contributed by atoms with Crippen molar-refractivity contribution in [1.29, 1.82) is 0 Å². The van der Waals surface area contributed by atoms with Crippen molar-refractivity contribution in [2.45, 2.75) is 12.5 Å². The highest BCUT2D eigenvalue weighted by Gasteiger charge is 2.15. The Balaban J connectivity index is 1.68. The average molecular weight is 391 g/mol. The molecule has 0 bridgehead atoms. The number of benzene rings is 2. The lowest BCUT2D eigenvalue weighted by atomic mass is 10.0. The number of nitrogens with zero attached hydrogens (tertiary/aromatic N) is 2. The van der Waals surface area contributed by atoms with E-state index in [2.05, 4.69) is 33.5 Å². The average Bonchev–Trinajstić information content (AvgIpc) is 3.19. The molecule has 2 N–H and O–H groups in total. The molecule has 6 heteroatoms. The predicted octanol–water partition coefficient (Wildman–Crippen LogP) is 4.90. The van der Waals surface area contributed by atoms with Crippen LogP contribution >= 0.6 is 11.3 Å².